The maximum atomic E-state index is 5.82. The van der Waals surface area contributed by atoms with Gasteiger partial charge in [0, 0.05) is 19.2 Å². The van der Waals surface area contributed by atoms with Crippen LogP contribution < -0.4 is 30.7 Å². The SMILES string of the molecule is CC(C)Oc1ccccc1[CH]=[Ru]([Cl])[Cl].COC1=[C-]C(OC)N(c2ccccc2)N1c1ccccc1.c1ccc([PH+](c2ccccc2)c2ccccc2)cc1. The van der Waals surface area contributed by atoms with Crippen LogP contribution in [-0.2, 0) is 23.0 Å². The Hall–Kier alpha value is -4.28. The summed E-state index contributed by atoms with van der Waals surface area (Å²) in [6.45, 7) is 3.99. The second-order valence-corrected chi connectivity index (χ2v) is 20.3. The molecule has 0 amide bonds. The summed E-state index contributed by atoms with van der Waals surface area (Å²) in [5, 5.41) is 8.28. The van der Waals surface area contributed by atoms with Gasteiger partial charge in [-0.15, -0.1) is 0 Å². The van der Waals surface area contributed by atoms with Gasteiger partial charge in [0.1, 0.15) is 15.9 Å². The monoisotopic (exact) mass is 864 g/mol. The molecule has 0 aromatic heterocycles. The predicted octanol–water partition coefficient (Wildman–Crippen LogP) is 9.92. The third kappa shape index (κ3) is 11.6. The minimum absolute atomic E-state index is 0.163. The van der Waals surface area contributed by atoms with Gasteiger partial charge in [-0.05, 0) is 60.7 Å². The molecular weight excluding hydrogens is 819 g/mol. The standard InChI is InChI=1S/C18H15P.C17H17N2O2.C10H12O.2ClH.Ru/c1-4-10-16(11-5-1)19(17-12-6-2-7-13-17)18-14-8-3-9-15-18;1-20-16-13-17(21-2)19(15-11-7-4-8-12-15)18(16)14-9-5-3-6-10-14;1-8(2)11-10-7-5-4-6-9(10)3;;;/h1-15H;3-12,16H,1-2H3;3-8H,1-2H3;2*1H;/q;-1;;;;+2/p-1. The fourth-order valence-corrected chi connectivity index (χ4v) is 10.1. The zero-order valence-electron chi connectivity index (χ0n) is 30.7. The molecule has 6 aromatic rings. The minimum Gasteiger partial charge on any atom is -0.515 e. The van der Waals surface area contributed by atoms with Crippen LogP contribution >= 0.6 is 27.3 Å². The number of hydrogen-bond donors (Lipinski definition) is 0. The first-order valence-electron chi connectivity index (χ1n) is 17.4. The van der Waals surface area contributed by atoms with Crippen molar-refractivity contribution in [2.45, 2.75) is 26.2 Å². The summed E-state index contributed by atoms with van der Waals surface area (Å²) in [5.41, 5.74) is 2.99. The van der Waals surface area contributed by atoms with E-state index in [4.69, 9.17) is 33.6 Å². The van der Waals surface area contributed by atoms with Crippen LogP contribution in [0.1, 0.15) is 19.4 Å². The van der Waals surface area contributed by atoms with Crippen molar-refractivity contribution in [3.8, 4) is 5.75 Å². The average molecular weight is 865 g/mol. The zero-order valence-corrected chi connectivity index (χ0v) is 35.0. The number of methoxy groups -OCH3 is 2. The molecule has 1 atom stereocenters. The normalized spacial score (nSPS) is 13.6. The van der Waals surface area contributed by atoms with Crippen LogP contribution in [0.2, 0.25) is 0 Å². The molecule has 9 heteroatoms. The third-order valence-electron chi connectivity index (χ3n) is 7.97. The van der Waals surface area contributed by atoms with Gasteiger partial charge in [-0.3, -0.25) is 10.0 Å². The molecule has 1 aliphatic heterocycles. The molecule has 0 N–H and O–H groups in total. The molecule has 0 fully saturated rings. The van der Waals surface area contributed by atoms with E-state index in [1.54, 1.807) is 14.2 Å². The van der Waals surface area contributed by atoms with E-state index in [-0.39, 0.29) is 12.3 Å². The van der Waals surface area contributed by atoms with Gasteiger partial charge >= 0.3 is 97.8 Å². The summed E-state index contributed by atoms with van der Waals surface area (Å²) in [7, 11) is 14.1. The smallest absolute Gasteiger partial charge is 0.102 e. The molecule has 6 aromatic carbocycles. The minimum atomic E-state index is -1.77. The van der Waals surface area contributed by atoms with Gasteiger partial charge in [-0.2, -0.15) is 0 Å². The van der Waals surface area contributed by atoms with Gasteiger partial charge in [-0.25, -0.2) is 0 Å². The second kappa shape index (κ2) is 21.6. The summed E-state index contributed by atoms with van der Waals surface area (Å²) >= 11 is -1.77. The van der Waals surface area contributed by atoms with Crippen LogP contribution in [0.25, 0.3) is 0 Å². The van der Waals surface area contributed by atoms with Crippen LogP contribution in [0.3, 0.4) is 0 Å². The van der Waals surface area contributed by atoms with Crippen molar-refractivity contribution in [2.75, 3.05) is 24.2 Å². The number of hydrazine groups is 1. The molecule has 1 aliphatic rings. The van der Waals surface area contributed by atoms with E-state index < -0.39 is 21.4 Å². The van der Waals surface area contributed by atoms with Crippen molar-refractivity contribution in [3.63, 3.8) is 0 Å². The molecular formula is C45H45Cl2N2O3PRu. The van der Waals surface area contributed by atoms with E-state index >= 15 is 0 Å². The van der Waals surface area contributed by atoms with Crippen LogP contribution in [0.5, 0.6) is 5.75 Å². The van der Waals surface area contributed by atoms with Crippen LogP contribution in [0.4, 0.5) is 11.4 Å². The molecule has 280 valence electrons. The summed E-state index contributed by atoms with van der Waals surface area (Å²) in [4.78, 5) is 0. The Morgan fingerprint density at radius 2 is 1.04 bits per heavy atom. The molecule has 0 saturated carbocycles. The number of halogens is 2. The molecule has 0 bridgehead atoms. The van der Waals surface area contributed by atoms with Crippen molar-refractivity contribution >= 4 is 59.2 Å². The Morgan fingerprint density at radius 3 is 1.46 bits per heavy atom. The summed E-state index contributed by atoms with van der Waals surface area (Å²) in [6, 6.07) is 60.3. The Morgan fingerprint density at radius 1 is 0.611 bits per heavy atom. The molecule has 0 aliphatic carbocycles. The van der Waals surface area contributed by atoms with Crippen LogP contribution in [-0.4, -0.2) is 31.2 Å². The van der Waals surface area contributed by atoms with Gasteiger partial charge in [0.15, 0.2) is 0 Å². The number of rotatable bonds is 10. The van der Waals surface area contributed by atoms with Gasteiger partial charge < -0.3 is 15.5 Å². The number of para-hydroxylation sites is 3. The van der Waals surface area contributed by atoms with E-state index in [9.17, 15) is 0 Å². The number of ether oxygens (including phenoxy) is 3. The summed E-state index contributed by atoms with van der Waals surface area (Å²) in [6.07, 6.45) is 3.04. The van der Waals surface area contributed by atoms with E-state index in [1.807, 2.05) is 113 Å². The van der Waals surface area contributed by atoms with Gasteiger partial charge in [0.05, 0.1) is 26.4 Å². The van der Waals surface area contributed by atoms with Crippen molar-refractivity contribution in [1.82, 2.24) is 0 Å². The Labute approximate surface area is 334 Å². The topological polar surface area (TPSA) is 34.2 Å². The molecule has 5 nitrogen and oxygen atoms in total. The fourth-order valence-electron chi connectivity index (χ4n) is 5.70. The summed E-state index contributed by atoms with van der Waals surface area (Å²) < 4.78 is 18.5. The molecule has 0 saturated heterocycles. The first kappa shape index (κ1) is 40.9. The first-order valence-corrected chi connectivity index (χ1v) is 24.4. The van der Waals surface area contributed by atoms with Crippen LogP contribution in [0.15, 0.2) is 182 Å². The maximum absolute atomic E-state index is 5.82. The third-order valence-corrected chi connectivity index (χ3v) is 12.5. The Balaban J connectivity index is 0.000000159. The first-order chi connectivity index (χ1) is 26.4. The summed E-state index contributed by atoms with van der Waals surface area (Å²) in [5.74, 6) is 1.47. The van der Waals surface area contributed by atoms with E-state index in [1.165, 1.54) is 15.9 Å². The maximum Gasteiger partial charge on any atom is 0.102 e. The van der Waals surface area contributed by atoms with Gasteiger partial charge in [0.2, 0.25) is 0 Å². The number of nitrogens with zero attached hydrogens (tertiary/aromatic N) is 2. The quantitative estimate of drug-likeness (QED) is 0.0779. The van der Waals surface area contributed by atoms with Gasteiger partial charge in [-0.1, -0.05) is 91.0 Å². The van der Waals surface area contributed by atoms with Crippen molar-refractivity contribution < 1.29 is 27.7 Å². The number of hydrogen-bond acceptors (Lipinski definition) is 5. The van der Waals surface area contributed by atoms with Gasteiger partial charge in [0.25, 0.3) is 0 Å². The Bertz CT molecular complexity index is 1940. The van der Waals surface area contributed by atoms with Crippen LogP contribution in [0, 0.1) is 6.08 Å². The van der Waals surface area contributed by atoms with Crippen molar-refractivity contribution in [2.24, 2.45) is 0 Å². The number of benzene rings is 6. The van der Waals surface area contributed by atoms with Crippen molar-refractivity contribution in [3.05, 3.63) is 193 Å². The number of anilines is 2. The zero-order chi connectivity index (χ0) is 38.1. The molecule has 54 heavy (non-hydrogen) atoms. The Kier molecular flexibility index (Phi) is 16.3. The van der Waals surface area contributed by atoms with Crippen molar-refractivity contribution in [1.29, 1.82) is 0 Å². The largest absolute Gasteiger partial charge is 0.515 e. The average Bonchev–Trinajstić information content (AvgIpc) is 3.60. The van der Waals surface area contributed by atoms with E-state index in [0.29, 0.717) is 5.88 Å². The molecule has 0 spiro atoms. The molecule has 0 radical (unpaired) electrons. The molecule has 1 unspecified atom stereocenters. The second-order valence-electron chi connectivity index (χ2n) is 12.1. The van der Waals surface area contributed by atoms with E-state index in [0.717, 1.165) is 22.7 Å². The van der Waals surface area contributed by atoms with E-state index in [2.05, 4.69) is 97.1 Å². The fraction of sp³-hybridized carbons (Fsp3) is 0.133. The predicted molar refractivity (Wildman–Crippen MR) is 228 cm³/mol. The molecule has 7 rings (SSSR count). The molecule has 1 heterocycles.